The van der Waals surface area contributed by atoms with Crippen LogP contribution in [-0.2, 0) is 6.54 Å². The number of nitrogens with zero attached hydrogens (tertiary/aromatic N) is 1. The molecule has 0 unspecified atom stereocenters. The van der Waals surface area contributed by atoms with E-state index < -0.39 is 0 Å². The van der Waals surface area contributed by atoms with Crippen molar-refractivity contribution in [1.29, 1.82) is 0 Å². The van der Waals surface area contributed by atoms with Crippen LogP contribution in [0.3, 0.4) is 0 Å². The first kappa shape index (κ1) is 15.3. The lowest BCUT2D eigenvalue weighted by atomic mass is 10.1. The molecule has 0 aliphatic heterocycles. The minimum absolute atomic E-state index is 0.120. The van der Waals surface area contributed by atoms with E-state index in [0.717, 1.165) is 16.5 Å². The first-order chi connectivity index (χ1) is 11.2. The molecule has 3 rings (SSSR count). The second-order valence-corrected chi connectivity index (χ2v) is 5.31. The number of hydrogen-bond donors (Lipinski definition) is 0. The summed E-state index contributed by atoms with van der Waals surface area (Å²) in [6, 6.07) is 14.1. The summed E-state index contributed by atoms with van der Waals surface area (Å²) in [6.07, 6.45) is 2.33. The zero-order chi connectivity index (χ0) is 16.2. The predicted molar refractivity (Wildman–Crippen MR) is 88.5 cm³/mol. The standard InChI is InChI=1S/C19H18FNO2/c1-2-18(22)15-13-21(17-9-5-3-7-14(15)17)11-12-23-19-10-6-4-8-16(19)20/h3-10,13H,2,11-12H2,1H3. The molecule has 4 heteroatoms. The summed E-state index contributed by atoms with van der Waals surface area (Å²) in [5.74, 6) is -0.00416. The highest BCUT2D eigenvalue weighted by molar-refractivity contribution is 6.07. The van der Waals surface area contributed by atoms with Crippen LogP contribution in [-0.4, -0.2) is 17.0 Å². The Morgan fingerprint density at radius 2 is 1.87 bits per heavy atom. The van der Waals surface area contributed by atoms with Gasteiger partial charge in [0, 0.05) is 29.1 Å². The van der Waals surface area contributed by atoms with Crippen LogP contribution in [0.5, 0.6) is 5.75 Å². The van der Waals surface area contributed by atoms with Crippen LogP contribution < -0.4 is 4.74 Å². The monoisotopic (exact) mass is 311 g/mol. The zero-order valence-electron chi connectivity index (χ0n) is 13.0. The van der Waals surface area contributed by atoms with E-state index in [0.29, 0.717) is 19.6 Å². The molecule has 0 atom stereocenters. The first-order valence-electron chi connectivity index (χ1n) is 7.69. The summed E-state index contributed by atoms with van der Waals surface area (Å²) in [5.41, 5.74) is 1.72. The highest BCUT2D eigenvalue weighted by atomic mass is 19.1. The van der Waals surface area contributed by atoms with E-state index in [1.165, 1.54) is 6.07 Å². The van der Waals surface area contributed by atoms with E-state index in [9.17, 15) is 9.18 Å². The molecule has 0 aliphatic carbocycles. The summed E-state index contributed by atoms with van der Waals surface area (Å²) >= 11 is 0. The molecule has 0 bridgehead atoms. The third-order valence-electron chi connectivity index (χ3n) is 3.84. The molecular formula is C19H18FNO2. The van der Waals surface area contributed by atoms with E-state index in [2.05, 4.69) is 0 Å². The molecule has 0 spiro atoms. The maximum Gasteiger partial charge on any atom is 0.165 e. The van der Waals surface area contributed by atoms with Crippen molar-refractivity contribution in [2.75, 3.05) is 6.61 Å². The Bertz CT molecular complexity index is 838. The van der Waals surface area contributed by atoms with Gasteiger partial charge in [-0.1, -0.05) is 37.3 Å². The summed E-state index contributed by atoms with van der Waals surface area (Å²) in [5, 5.41) is 0.949. The molecule has 23 heavy (non-hydrogen) atoms. The fourth-order valence-electron chi connectivity index (χ4n) is 2.66. The highest BCUT2D eigenvalue weighted by Gasteiger charge is 2.13. The molecule has 0 fully saturated rings. The number of para-hydroxylation sites is 2. The van der Waals surface area contributed by atoms with Crippen molar-refractivity contribution in [2.24, 2.45) is 0 Å². The molecule has 3 aromatic rings. The van der Waals surface area contributed by atoms with Gasteiger partial charge in [0.05, 0.1) is 6.54 Å². The normalized spacial score (nSPS) is 10.9. The first-order valence-corrected chi connectivity index (χ1v) is 7.69. The summed E-state index contributed by atoms with van der Waals surface area (Å²) in [4.78, 5) is 12.1. The Balaban J connectivity index is 1.80. The van der Waals surface area contributed by atoms with Gasteiger partial charge >= 0.3 is 0 Å². The Kier molecular flexibility index (Phi) is 4.42. The number of benzene rings is 2. The molecule has 0 saturated carbocycles. The number of hydrogen-bond acceptors (Lipinski definition) is 2. The van der Waals surface area contributed by atoms with Crippen molar-refractivity contribution in [3.8, 4) is 5.75 Å². The highest BCUT2D eigenvalue weighted by Crippen LogP contribution is 2.23. The van der Waals surface area contributed by atoms with Gasteiger partial charge in [0.25, 0.3) is 0 Å². The van der Waals surface area contributed by atoms with E-state index in [-0.39, 0.29) is 17.3 Å². The van der Waals surface area contributed by atoms with Gasteiger partial charge in [-0.15, -0.1) is 0 Å². The molecule has 1 aromatic heterocycles. The number of carbonyl (C=O) groups is 1. The van der Waals surface area contributed by atoms with Gasteiger partial charge in [-0.3, -0.25) is 4.79 Å². The number of carbonyl (C=O) groups excluding carboxylic acids is 1. The second kappa shape index (κ2) is 6.65. The summed E-state index contributed by atoms with van der Waals surface area (Å²) in [6.45, 7) is 2.74. The minimum atomic E-state index is -0.369. The average molecular weight is 311 g/mol. The molecule has 3 nitrogen and oxygen atoms in total. The second-order valence-electron chi connectivity index (χ2n) is 5.31. The molecule has 0 radical (unpaired) electrons. The smallest absolute Gasteiger partial charge is 0.165 e. The van der Waals surface area contributed by atoms with E-state index >= 15 is 0 Å². The number of fused-ring (bicyclic) bond motifs is 1. The Morgan fingerprint density at radius 3 is 2.65 bits per heavy atom. The maximum absolute atomic E-state index is 13.5. The minimum Gasteiger partial charge on any atom is -0.489 e. The lowest BCUT2D eigenvalue weighted by Gasteiger charge is -2.08. The molecule has 0 amide bonds. The lowest BCUT2D eigenvalue weighted by Crippen LogP contribution is -2.08. The number of rotatable bonds is 6. The van der Waals surface area contributed by atoms with Crippen LogP contribution in [0.25, 0.3) is 10.9 Å². The van der Waals surface area contributed by atoms with E-state index in [1.54, 1.807) is 18.2 Å². The van der Waals surface area contributed by atoms with Crippen LogP contribution in [0.1, 0.15) is 23.7 Å². The molecule has 1 heterocycles. The molecule has 118 valence electrons. The molecule has 0 saturated heterocycles. The van der Waals surface area contributed by atoms with Crippen LogP contribution in [0, 0.1) is 5.82 Å². The van der Waals surface area contributed by atoms with Crippen LogP contribution in [0.4, 0.5) is 4.39 Å². The quantitative estimate of drug-likeness (QED) is 0.630. The van der Waals surface area contributed by atoms with Crippen molar-refractivity contribution in [1.82, 2.24) is 4.57 Å². The maximum atomic E-state index is 13.5. The molecule has 0 N–H and O–H groups in total. The van der Waals surface area contributed by atoms with Crippen molar-refractivity contribution in [3.63, 3.8) is 0 Å². The van der Waals surface area contributed by atoms with E-state index in [4.69, 9.17) is 4.74 Å². The van der Waals surface area contributed by atoms with Gasteiger partial charge in [0.15, 0.2) is 17.3 Å². The van der Waals surface area contributed by atoms with Crippen LogP contribution in [0.15, 0.2) is 54.7 Å². The number of Topliss-reactive ketones (excluding diaryl/α,β-unsaturated/α-hetero) is 1. The van der Waals surface area contributed by atoms with Crippen LogP contribution in [0.2, 0.25) is 0 Å². The molecule has 2 aromatic carbocycles. The summed E-state index contributed by atoms with van der Waals surface area (Å²) in [7, 11) is 0. The van der Waals surface area contributed by atoms with Gasteiger partial charge in [-0.05, 0) is 18.2 Å². The lowest BCUT2D eigenvalue weighted by molar-refractivity contribution is 0.0989. The SMILES string of the molecule is CCC(=O)c1cn(CCOc2ccccc2F)c2ccccc12. The average Bonchev–Trinajstić information content (AvgIpc) is 2.95. The number of ether oxygens (including phenoxy) is 1. The Morgan fingerprint density at radius 1 is 1.13 bits per heavy atom. The summed E-state index contributed by atoms with van der Waals surface area (Å²) < 4.78 is 21.0. The van der Waals surface area contributed by atoms with Gasteiger partial charge in [-0.2, -0.15) is 0 Å². The van der Waals surface area contributed by atoms with Gasteiger partial charge in [0.1, 0.15) is 6.61 Å². The number of aromatic nitrogens is 1. The third kappa shape index (κ3) is 3.11. The zero-order valence-corrected chi connectivity index (χ0v) is 13.0. The van der Waals surface area contributed by atoms with Gasteiger partial charge in [0.2, 0.25) is 0 Å². The van der Waals surface area contributed by atoms with E-state index in [1.807, 2.05) is 42.0 Å². The van der Waals surface area contributed by atoms with Gasteiger partial charge < -0.3 is 9.30 Å². The van der Waals surface area contributed by atoms with Crippen molar-refractivity contribution in [3.05, 3.63) is 66.1 Å². The van der Waals surface area contributed by atoms with Crippen molar-refractivity contribution >= 4 is 16.7 Å². The number of halogens is 1. The number of ketones is 1. The van der Waals surface area contributed by atoms with Crippen molar-refractivity contribution in [2.45, 2.75) is 19.9 Å². The largest absolute Gasteiger partial charge is 0.489 e. The molecule has 0 aliphatic rings. The van der Waals surface area contributed by atoms with Gasteiger partial charge in [-0.25, -0.2) is 4.39 Å². The molecular weight excluding hydrogens is 293 g/mol. The Hall–Kier alpha value is -2.62. The Labute approximate surface area is 134 Å². The van der Waals surface area contributed by atoms with Crippen molar-refractivity contribution < 1.29 is 13.9 Å². The predicted octanol–water partition coefficient (Wildman–Crippen LogP) is 4.45. The van der Waals surface area contributed by atoms with Crippen LogP contribution >= 0.6 is 0 Å². The fourth-order valence-corrected chi connectivity index (χ4v) is 2.66. The third-order valence-corrected chi connectivity index (χ3v) is 3.84. The topological polar surface area (TPSA) is 31.2 Å². The fraction of sp³-hybridized carbons (Fsp3) is 0.211.